The molecule has 0 aliphatic carbocycles. The van der Waals surface area contributed by atoms with Crippen molar-refractivity contribution in [2.75, 3.05) is 13.2 Å². The Morgan fingerprint density at radius 3 is 0.877 bits per heavy atom. The number of hydrogen-bond acceptors (Lipinski definition) is 6. The third-order valence-electron chi connectivity index (χ3n) is 13.7. The van der Waals surface area contributed by atoms with Crippen LogP contribution in [0.15, 0.2) is 72.9 Å². The highest BCUT2D eigenvalue weighted by Crippen LogP contribution is 2.17. The van der Waals surface area contributed by atoms with Gasteiger partial charge in [-0.15, -0.1) is 0 Å². The van der Waals surface area contributed by atoms with Gasteiger partial charge in [-0.1, -0.05) is 280 Å². The summed E-state index contributed by atoms with van der Waals surface area (Å²) in [5, 5.41) is 0. The molecule has 0 aromatic rings. The Morgan fingerprint density at radius 1 is 0.288 bits per heavy atom. The third-order valence-corrected chi connectivity index (χ3v) is 13.7. The van der Waals surface area contributed by atoms with Crippen molar-refractivity contribution in [2.24, 2.45) is 0 Å². The number of hydrogen-bond donors (Lipinski definition) is 0. The van der Waals surface area contributed by atoms with Gasteiger partial charge in [0.05, 0.1) is 0 Å². The third kappa shape index (κ3) is 59.6. The fourth-order valence-corrected chi connectivity index (χ4v) is 9.00. The van der Waals surface area contributed by atoms with Crippen LogP contribution in [0.4, 0.5) is 0 Å². The van der Waals surface area contributed by atoms with Crippen molar-refractivity contribution >= 4 is 17.9 Å². The summed E-state index contributed by atoms with van der Waals surface area (Å²) in [4.78, 5) is 38.0. The monoisotopic (exact) mass is 1020 g/mol. The highest BCUT2D eigenvalue weighted by atomic mass is 16.6. The molecule has 0 spiro atoms. The molecule has 6 heteroatoms. The molecule has 73 heavy (non-hydrogen) atoms. The van der Waals surface area contributed by atoms with Gasteiger partial charge in [0.25, 0.3) is 0 Å². The van der Waals surface area contributed by atoms with Crippen molar-refractivity contribution in [1.29, 1.82) is 0 Å². The summed E-state index contributed by atoms with van der Waals surface area (Å²) in [5.74, 6) is -0.875. The lowest BCUT2D eigenvalue weighted by Crippen LogP contribution is -2.30. The van der Waals surface area contributed by atoms with Crippen LogP contribution in [0.25, 0.3) is 0 Å². The van der Waals surface area contributed by atoms with E-state index < -0.39 is 6.10 Å². The van der Waals surface area contributed by atoms with E-state index in [0.29, 0.717) is 19.3 Å². The zero-order valence-electron chi connectivity index (χ0n) is 48.4. The van der Waals surface area contributed by atoms with Crippen LogP contribution in [0.2, 0.25) is 0 Å². The summed E-state index contributed by atoms with van der Waals surface area (Å²) in [7, 11) is 0. The standard InChI is InChI=1S/C67H118O6/c1-4-7-10-13-16-19-21-23-24-25-26-27-28-29-30-31-32-33-34-35-36-37-38-39-40-41-42-43-44-45-47-48-51-54-57-60-66(69)72-63-64(62-71-65(68)59-56-53-50-18-15-12-9-6-3)73-67(70)61-58-55-52-49-46-22-20-17-14-11-8-5-2/h7,10,16-17,19-20,23-24,26-27,29-30,64H,4-6,8-9,11-15,18,21-22,25,28,31-63H2,1-3H3/b10-7-,19-16-,20-17-,24-23-,27-26-,30-29-. The quantitative estimate of drug-likeness (QED) is 0.0261. The van der Waals surface area contributed by atoms with E-state index in [9.17, 15) is 14.4 Å². The Bertz CT molecular complexity index is 1360. The zero-order valence-corrected chi connectivity index (χ0v) is 48.4. The van der Waals surface area contributed by atoms with Crippen LogP contribution in [0.5, 0.6) is 0 Å². The lowest BCUT2D eigenvalue weighted by Gasteiger charge is -2.18. The van der Waals surface area contributed by atoms with Gasteiger partial charge < -0.3 is 14.2 Å². The average molecular weight is 1020 g/mol. The summed E-state index contributed by atoms with van der Waals surface area (Å²) < 4.78 is 16.8. The van der Waals surface area contributed by atoms with Crippen LogP contribution in [0, 0.1) is 0 Å². The molecular weight excluding hydrogens is 901 g/mol. The minimum atomic E-state index is -0.773. The summed E-state index contributed by atoms with van der Waals surface area (Å²) >= 11 is 0. The van der Waals surface area contributed by atoms with Gasteiger partial charge in [-0.25, -0.2) is 0 Å². The highest BCUT2D eigenvalue weighted by Gasteiger charge is 2.19. The number of carbonyl (C=O) groups is 3. The fraction of sp³-hybridized carbons (Fsp3) is 0.776. The van der Waals surface area contributed by atoms with Gasteiger partial charge >= 0.3 is 17.9 Å². The van der Waals surface area contributed by atoms with Crippen LogP contribution in [-0.2, 0) is 28.6 Å². The summed E-state index contributed by atoms with van der Waals surface area (Å²) in [5.41, 5.74) is 0. The second-order valence-corrected chi connectivity index (χ2v) is 20.9. The van der Waals surface area contributed by atoms with E-state index in [0.717, 1.165) is 103 Å². The van der Waals surface area contributed by atoms with E-state index in [-0.39, 0.29) is 31.1 Å². The SMILES string of the molecule is CC/C=C\C/C=C\C/C=C\C/C=C\C/C=C\CCCCCCCCCCCCCCCCCCCCCC(=O)OCC(COC(=O)CCCCCCCCCC)OC(=O)CCCCCCC/C=C\CCCCC. The Balaban J connectivity index is 3.95. The number of carbonyl (C=O) groups excluding carboxylic acids is 3. The normalized spacial score (nSPS) is 12.5. The molecule has 0 amide bonds. The molecule has 0 aromatic carbocycles. The van der Waals surface area contributed by atoms with Crippen molar-refractivity contribution in [2.45, 2.75) is 322 Å². The van der Waals surface area contributed by atoms with Crippen LogP contribution in [-0.4, -0.2) is 37.2 Å². The molecule has 0 fully saturated rings. The smallest absolute Gasteiger partial charge is 0.306 e. The fourth-order valence-electron chi connectivity index (χ4n) is 9.00. The molecule has 0 saturated heterocycles. The average Bonchev–Trinajstić information content (AvgIpc) is 3.39. The first-order valence-electron chi connectivity index (χ1n) is 31.4. The predicted molar refractivity (Wildman–Crippen MR) is 316 cm³/mol. The van der Waals surface area contributed by atoms with Crippen molar-refractivity contribution in [1.82, 2.24) is 0 Å². The van der Waals surface area contributed by atoms with E-state index in [2.05, 4.69) is 93.7 Å². The van der Waals surface area contributed by atoms with Crippen LogP contribution in [0.3, 0.4) is 0 Å². The van der Waals surface area contributed by atoms with Crippen molar-refractivity contribution < 1.29 is 28.6 Å². The molecule has 0 aliphatic heterocycles. The van der Waals surface area contributed by atoms with Crippen molar-refractivity contribution in [3.63, 3.8) is 0 Å². The Kier molecular flexibility index (Phi) is 58.7. The summed E-state index contributed by atoms with van der Waals surface area (Å²) in [6, 6.07) is 0. The van der Waals surface area contributed by atoms with Gasteiger partial charge in [-0.2, -0.15) is 0 Å². The molecule has 0 radical (unpaired) electrons. The van der Waals surface area contributed by atoms with Gasteiger partial charge in [0.15, 0.2) is 6.10 Å². The number of esters is 3. The maximum Gasteiger partial charge on any atom is 0.306 e. The molecule has 0 heterocycles. The van der Waals surface area contributed by atoms with Gasteiger partial charge in [-0.3, -0.25) is 14.4 Å². The molecule has 1 unspecified atom stereocenters. The van der Waals surface area contributed by atoms with Crippen molar-refractivity contribution in [3.8, 4) is 0 Å². The molecule has 0 rings (SSSR count). The molecular formula is C67H118O6. The summed E-state index contributed by atoms with van der Waals surface area (Å²) in [6.07, 6.45) is 79.5. The Labute approximate surface area is 453 Å². The van der Waals surface area contributed by atoms with E-state index in [1.165, 1.54) is 173 Å². The molecule has 0 aromatic heterocycles. The zero-order chi connectivity index (χ0) is 52.9. The highest BCUT2D eigenvalue weighted by molar-refractivity contribution is 5.71. The summed E-state index contributed by atoms with van der Waals surface area (Å²) in [6.45, 7) is 6.49. The van der Waals surface area contributed by atoms with Gasteiger partial charge in [0.1, 0.15) is 13.2 Å². The minimum absolute atomic E-state index is 0.0735. The number of rotatable bonds is 57. The van der Waals surface area contributed by atoms with E-state index in [1.807, 2.05) is 0 Å². The maximum absolute atomic E-state index is 12.8. The van der Waals surface area contributed by atoms with E-state index in [4.69, 9.17) is 14.2 Å². The van der Waals surface area contributed by atoms with Crippen LogP contribution in [0.1, 0.15) is 316 Å². The molecule has 0 saturated carbocycles. The lowest BCUT2D eigenvalue weighted by atomic mass is 10.0. The number of allylic oxidation sites excluding steroid dienone is 12. The first kappa shape index (κ1) is 69.8. The molecule has 0 aliphatic rings. The molecule has 1 atom stereocenters. The first-order valence-corrected chi connectivity index (χ1v) is 31.4. The first-order chi connectivity index (χ1) is 36.0. The minimum Gasteiger partial charge on any atom is -0.462 e. The molecule has 422 valence electrons. The molecule has 6 nitrogen and oxygen atoms in total. The van der Waals surface area contributed by atoms with E-state index in [1.54, 1.807) is 0 Å². The van der Waals surface area contributed by atoms with E-state index >= 15 is 0 Å². The maximum atomic E-state index is 12.8. The largest absolute Gasteiger partial charge is 0.462 e. The lowest BCUT2D eigenvalue weighted by molar-refractivity contribution is -0.167. The second-order valence-electron chi connectivity index (χ2n) is 20.9. The van der Waals surface area contributed by atoms with Crippen LogP contribution < -0.4 is 0 Å². The van der Waals surface area contributed by atoms with Crippen molar-refractivity contribution in [3.05, 3.63) is 72.9 Å². The second kappa shape index (κ2) is 61.4. The predicted octanol–water partition coefficient (Wildman–Crippen LogP) is 21.3. The Morgan fingerprint density at radius 2 is 0.534 bits per heavy atom. The van der Waals surface area contributed by atoms with Gasteiger partial charge in [-0.05, 0) is 89.9 Å². The van der Waals surface area contributed by atoms with Gasteiger partial charge in [0, 0.05) is 19.3 Å². The number of unbranched alkanes of at least 4 members (excludes halogenated alkanes) is 34. The molecule has 0 bridgehead atoms. The topological polar surface area (TPSA) is 78.9 Å². The number of ether oxygens (including phenoxy) is 3. The molecule has 0 N–H and O–H groups in total. The van der Waals surface area contributed by atoms with Gasteiger partial charge in [0.2, 0.25) is 0 Å². The van der Waals surface area contributed by atoms with Crippen LogP contribution >= 0.6 is 0 Å². The Hall–Kier alpha value is -3.15.